The molecule has 1 aromatic rings. The standard InChI is InChI=1S/C18H27NO2/c1-4-6-13-19(15(3)5-2)14-17-9-7-16(8-10-17)11-12-18(20)21/h7-12,15H,4-6,13-14H2,1-3H3,(H,20,21). The van der Waals surface area contributed by atoms with E-state index >= 15 is 0 Å². The molecule has 1 aromatic carbocycles. The molecule has 0 amide bonds. The van der Waals surface area contributed by atoms with Crippen molar-refractivity contribution in [1.82, 2.24) is 4.90 Å². The number of benzene rings is 1. The van der Waals surface area contributed by atoms with Crippen LogP contribution in [0.1, 0.15) is 51.2 Å². The first kappa shape index (κ1) is 17.4. The Balaban J connectivity index is 2.68. The van der Waals surface area contributed by atoms with Crippen molar-refractivity contribution < 1.29 is 9.90 Å². The van der Waals surface area contributed by atoms with Gasteiger partial charge in [0.15, 0.2) is 0 Å². The van der Waals surface area contributed by atoms with Gasteiger partial charge in [0.25, 0.3) is 0 Å². The van der Waals surface area contributed by atoms with Crippen LogP contribution in [0.25, 0.3) is 6.08 Å². The van der Waals surface area contributed by atoms with Gasteiger partial charge in [-0.25, -0.2) is 4.79 Å². The maximum atomic E-state index is 10.5. The van der Waals surface area contributed by atoms with Crippen LogP contribution in [0, 0.1) is 0 Å². The molecule has 3 heteroatoms. The van der Waals surface area contributed by atoms with E-state index in [4.69, 9.17) is 5.11 Å². The van der Waals surface area contributed by atoms with Gasteiger partial charge in [-0.1, -0.05) is 44.5 Å². The number of unbranched alkanes of at least 4 members (excludes halogenated alkanes) is 1. The monoisotopic (exact) mass is 289 g/mol. The second kappa shape index (κ2) is 9.35. The third kappa shape index (κ3) is 6.58. The fourth-order valence-corrected chi connectivity index (χ4v) is 2.21. The first-order valence-corrected chi connectivity index (χ1v) is 7.80. The fraction of sp³-hybridized carbons (Fsp3) is 0.500. The lowest BCUT2D eigenvalue weighted by Gasteiger charge is -2.28. The molecule has 21 heavy (non-hydrogen) atoms. The summed E-state index contributed by atoms with van der Waals surface area (Å²) in [5, 5.41) is 8.63. The molecule has 0 heterocycles. The third-order valence-corrected chi connectivity index (χ3v) is 3.80. The predicted octanol–water partition coefficient (Wildman–Crippen LogP) is 4.19. The van der Waals surface area contributed by atoms with Crippen molar-refractivity contribution >= 4 is 12.0 Å². The quantitative estimate of drug-likeness (QED) is 0.693. The summed E-state index contributed by atoms with van der Waals surface area (Å²) in [5.41, 5.74) is 2.20. The second-order valence-corrected chi connectivity index (χ2v) is 5.49. The van der Waals surface area contributed by atoms with Crippen molar-refractivity contribution in [3.63, 3.8) is 0 Å². The number of aliphatic carboxylic acids is 1. The lowest BCUT2D eigenvalue weighted by molar-refractivity contribution is -0.131. The van der Waals surface area contributed by atoms with Crippen LogP contribution in [0.2, 0.25) is 0 Å². The molecule has 0 aliphatic heterocycles. The summed E-state index contributed by atoms with van der Waals surface area (Å²) in [4.78, 5) is 13.0. The van der Waals surface area contributed by atoms with Crippen LogP contribution in [0.15, 0.2) is 30.3 Å². The van der Waals surface area contributed by atoms with E-state index in [1.54, 1.807) is 6.08 Å². The van der Waals surface area contributed by atoms with Crippen molar-refractivity contribution in [3.05, 3.63) is 41.5 Å². The number of nitrogens with zero attached hydrogens (tertiary/aromatic N) is 1. The number of rotatable bonds is 9. The zero-order valence-corrected chi connectivity index (χ0v) is 13.4. The van der Waals surface area contributed by atoms with E-state index in [1.165, 1.54) is 24.5 Å². The van der Waals surface area contributed by atoms with Gasteiger partial charge in [0, 0.05) is 18.7 Å². The van der Waals surface area contributed by atoms with Gasteiger partial charge in [-0.3, -0.25) is 4.90 Å². The Bertz CT molecular complexity index is 451. The average molecular weight is 289 g/mol. The molecule has 0 aliphatic carbocycles. The van der Waals surface area contributed by atoms with E-state index in [9.17, 15) is 4.79 Å². The van der Waals surface area contributed by atoms with E-state index in [2.05, 4.69) is 37.8 Å². The maximum Gasteiger partial charge on any atom is 0.328 e. The molecule has 0 saturated carbocycles. The Kier molecular flexibility index (Phi) is 7.76. The molecule has 1 N–H and O–H groups in total. The minimum Gasteiger partial charge on any atom is -0.478 e. The Hall–Kier alpha value is -1.61. The van der Waals surface area contributed by atoms with Crippen LogP contribution in [-0.4, -0.2) is 28.6 Å². The van der Waals surface area contributed by atoms with E-state index in [0.717, 1.165) is 25.1 Å². The first-order valence-electron chi connectivity index (χ1n) is 7.80. The largest absolute Gasteiger partial charge is 0.478 e. The summed E-state index contributed by atoms with van der Waals surface area (Å²) in [6.45, 7) is 8.81. The minimum atomic E-state index is -0.915. The number of carboxylic acids is 1. The van der Waals surface area contributed by atoms with E-state index in [0.29, 0.717) is 6.04 Å². The molecule has 0 aromatic heterocycles. The Labute approximate surface area is 128 Å². The molecule has 1 atom stereocenters. The van der Waals surface area contributed by atoms with Gasteiger partial charge in [-0.2, -0.15) is 0 Å². The Morgan fingerprint density at radius 3 is 2.48 bits per heavy atom. The van der Waals surface area contributed by atoms with Gasteiger partial charge in [0.05, 0.1) is 0 Å². The van der Waals surface area contributed by atoms with Crippen molar-refractivity contribution in [2.45, 2.75) is 52.6 Å². The zero-order chi connectivity index (χ0) is 15.7. The molecule has 0 fully saturated rings. The molecule has 0 radical (unpaired) electrons. The van der Waals surface area contributed by atoms with Crippen LogP contribution in [0.3, 0.4) is 0 Å². The highest BCUT2D eigenvalue weighted by molar-refractivity contribution is 5.85. The van der Waals surface area contributed by atoms with Crippen molar-refractivity contribution in [3.8, 4) is 0 Å². The van der Waals surface area contributed by atoms with Crippen LogP contribution >= 0.6 is 0 Å². The molecule has 0 spiro atoms. The summed E-state index contributed by atoms with van der Waals surface area (Å²) in [5.74, 6) is -0.915. The Morgan fingerprint density at radius 2 is 1.95 bits per heavy atom. The van der Waals surface area contributed by atoms with E-state index < -0.39 is 5.97 Å². The molecule has 1 unspecified atom stereocenters. The van der Waals surface area contributed by atoms with Crippen LogP contribution in [0.4, 0.5) is 0 Å². The van der Waals surface area contributed by atoms with E-state index in [1.807, 2.05) is 12.1 Å². The zero-order valence-electron chi connectivity index (χ0n) is 13.4. The smallest absolute Gasteiger partial charge is 0.328 e. The molecule has 0 saturated heterocycles. The van der Waals surface area contributed by atoms with Gasteiger partial charge in [-0.15, -0.1) is 0 Å². The van der Waals surface area contributed by atoms with Gasteiger partial charge in [0.2, 0.25) is 0 Å². The molecule has 0 aliphatic rings. The lowest BCUT2D eigenvalue weighted by Crippen LogP contribution is -2.33. The van der Waals surface area contributed by atoms with Crippen molar-refractivity contribution in [2.75, 3.05) is 6.54 Å². The van der Waals surface area contributed by atoms with Gasteiger partial charge in [-0.05, 0) is 43.5 Å². The third-order valence-electron chi connectivity index (χ3n) is 3.80. The number of hydrogen-bond acceptors (Lipinski definition) is 2. The molecule has 3 nitrogen and oxygen atoms in total. The highest BCUT2D eigenvalue weighted by atomic mass is 16.4. The minimum absolute atomic E-state index is 0.586. The van der Waals surface area contributed by atoms with Crippen molar-refractivity contribution in [1.29, 1.82) is 0 Å². The SMILES string of the molecule is CCCCN(Cc1ccc(C=CC(=O)O)cc1)C(C)CC. The highest BCUT2D eigenvalue weighted by Crippen LogP contribution is 2.13. The first-order chi connectivity index (χ1) is 10.1. The Morgan fingerprint density at radius 1 is 1.29 bits per heavy atom. The topological polar surface area (TPSA) is 40.5 Å². The average Bonchev–Trinajstić information content (AvgIpc) is 2.49. The van der Waals surface area contributed by atoms with Crippen LogP contribution < -0.4 is 0 Å². The molecular weight excluding hydrogens is 262 g/mol. The van der Waals surface area contributed by atoms with Crippen LogP contribution in [-0.2, 0) is 11.3 Å². The molecule has 116 valence electrons. The van der Waals surface area contributed by atoms with Crippen molar-refractivity contribution in [2.24, 2.45) is 0 Å². The molecule has 0 bridgehead atoms. The highest BCUT2D eigenvalue weighted by Gasteiger charge is 2.11. The number of hydrogen-bond donors (Lipinski definition) is 1. The van der Waals surface area contributed by atoms with E-state index in [-0.39, 0.29) is 0 Å². The number of carbonyl (C=O) groups is 1. The number of carboxylic acid groups (broad SMARTS) is 1. The normalized spacial score (nSPS) is 13.0. The van der Waals surface area contributed by atoms with Gasteiger partial charge in [0.1, 0.15) is 0 Å². The summed E-state index contributed by atoms with van der Waals surface area (Å²) in [6, 6.07) is 8.71. The summed E-state index contributed by atoms with van der Waals surface area (Å²) in [7, 11) is 0. The maximum absolute atomic E-state index is 10.5. The summed E-state index contributed by atoms with van der Waals surface area (Å²) < 4.78 is 0. The fourth-order valence-electron chi connectivity index (χ4n) is 2.21. The summed E-state index contributed by atoms with van der Waals surface area (Å²) >= 11 is 0. The van der Waals surface area contributed by atoms with Gasteiger partial charge < -0.3 is 5.11 Å². The second-order valence-electron chi connectivity index (χ2n) is 5.49. The molecule has 1 rings (SSSR count). The molecular formula is C18H27NO2. The summed E-state index contributed by atoms with van der Waals surface area (Å²) in [6.07, 6.45) is 6.39. The predicted molar refractivity (Wildman–Crippen MR) is 88.2 cm³/mol. The van der Waals surface area contributed by atoms with Gasteiger partial charge >= 0.3 is 5.97 Å². The van der Waals surface area contributed by atoms with Crippen LogP contribution in [0.5, 0.6) is 0 Å². The lowest BCUT2D eigenvalue weighted by atomic mass is 10.1.